The molecule has 1 aliphatic heterocycles. The van der Waals surface area contributed by atoms with Crippen LogP contribution >= 0.6 is 0 Å². The molecule has 2 fully saturated rings. The van der Waals surface area contributed by atoms with Gasteiger partial charge >= 0.3 is 6.09 Å². The summed E-state index contributed by atoms with van der Waals surface area (Å²) in [5.41, 5.74) is 6.31. The second-order valence-corrected chi connectivity index (χ2v) is 7.55. The summed E-state index contributed by atoms with van der Waals surface area (Å²) >= 11 is 0. The molecule has 0 aromatic carbocycles. The van der Waals surface area contributed by atoms with E-state index in [0.29, 0.717) is 31.3 Å². The third-order valence-corrected chi connectivity index (χ3v) is 4.21. The molecule has 1 amide bonds. The van der Waals surface area contributed by atoms with Gasteiger partial charge in [0.2, 0.25) is 5.88 Å². The summed E-state index contributed by atoms with van der Waals surface area (Å²) in [7, 11) is 0. The highest BCUT2D eigenvalue weighted by atomic mass is 16.6. The van der Waals surface area contributed by atoms with E-state index in [9.17, 15) is 4.79 Å². The molecule has 0 radical (unpaired) electrons. The molecule has 1 aliphatic carbocycles. The number of carbonyl (C=O) groups excluding carboxylic acids is 1. The van der Waals surface area contributed by atoms with Crippen molar-refractivity contribution in [2.24, 2.45) is 5.73 Å². The van der Waals surface area contributed by atoms with Gasteiger partial charge in [0, 0.05) is 18.9 Å². The van der Waals surface area contributed by atoms with Gasteiger partial charge in [-0.1, -0.05) is 0 Å². The maximum absolute atomic E-state index is 12.3. The fourth-order valence-electron chi connectivity index (χ4n) is 2.87. The van der Waals surface area contributed by atoms with Crippen LogP contribution in [0.4, 0.5) is 4.79 Å². The molecule has 1 aromatic heterocycles. The lowest BCUT2D eigenvalue weighted by atomic mass is 10.2. The van der Waals surface area contributed by atoms with Crippen LogP contribution in [-0.2, 0) is 4.74 Å². The highest BCUT2D eigenvalue weighted by Gasteiger charge is 2.38. The van der Waals surface area contributed by atoms with Crippen molar-refractivity contribution in [1.82, 2.24) is 14.9 Å². The number of nitrogens with two attached hydrogens (primary N) is 1. The minimum Gasteiger partial charge on any atom is -0.471 e. The third kappa shape index (κ3) is 4.14. The molecule has 3 rings (SSSR count). The maximum Gasteiger partial charge on any atom is 0.410 e. The molecule has 1 saturated heterocycles. The first-order valence-electron chi connectivity index (χ1n) is 8.54. The van der Waals surface area contributed by atoms with E-state index in [2.05, 4.69) is 9.97 Å². The molecular weight excluding hydrogens is 308 g/mol. The van der Waals surface area contributed by atoms with E-state index in [1.807, 2.05) is 20.8 Å². The number of rotatable bonds is 4. The number of likely N-dealkylation sites (tertiary alicyclic amines) is 1. The summed E-state index contributed by atoms with van der Waals surface area (Å²) in [6, 6.07) is -0.0800. The van der Waals surface area contributed by atoms with Gasteiger partial charge in [-0.3, -0.25) is 4.98 Å². The van der Waals surface area contributed by atoms with Gasteiger partial charge in [0.05, 0.1) is 30.7 Å². The van der Waals surface area contributed by atoms with Crippen LogP contribution < -0.4 is 10.5 Å². The molecule has 0 spiro atoms. The van der Waals surface area contributed by atoms with Crippen molar-refractivity contribution in [2.45, 2.75) is 63.7 Å². The Labute approximate surface area is 142 Å². The maximum atomic E-state index is 12.3. The van der Waals surface area contributed by atoms with E-state index in [1.165, 1.54) is 12.8 Å². The van der Waals surface area contributed by atoms with Crippen LogP contribution in [0.1, 0.15) is 51.6 Å². The SMILES string of the molecule is CC(C)(C)OC(=O)N1C[C@H](Oc2cnc(C3CC3)cn2)C[C@H]1CN. The van der Waals surface area contributed by atoms with Gasteiger partial charge in [-0.2, -0.15) is 0 Å². The third-order valence-electron chi connectivity index (χ3n) is 4.21. The quantitative estimate of drug-likeness (QED) is 0.906. The molecule has 1 aromatic rings. The average Bonchev–Trinajstić information content (AvgIpc) is 3.27. The number of ether oxygens (including phenoxy) is 2. The van der Waals surface area contributed by atoms with E-state index in [-0.39, 0.29) is 18.2 Å². The Kier molecular flexibility index (Phi) is 4.62. The summed E-state index contributed by atoms with van der Waals surface area (Å²) in [6.45, 7) is 6.38. The van der Waals surface area contributed by atoms with Gasteiger partial charge in [-0.05, 0) is 33.6 Å². The van der Waals surface area contributed by atoms with Crippen LogP contribution in [0.5, 0.6) is 5.88 Å². The van der Waals surface area contributed by atoms with Crippen LogP contribution in [-0.4, -0.2) is 51.8 Å². The molecule has 7 nitrogen and oxygen atoms in total. The van der Waals surface area contributed by atoms with Crippen LogP contribution in [0.15, 0.2) is 12.4 Å². The normalized spacial score (nSPS) is 24.1. The predicted molar refractivity (Wildman–Crippen MR) is 88.8 cm³/mol. The molecule has 0 unspecified atom stereocenters. The van der Waals surface area contributed by atoms with E-state index in [1.54, 1.807) is 17.3 Å². The molecule has 2 aliphatic rings. The lowest BCUT2D eigenvalue weighted by Crippen LogP contribution is -2.43. The average molecular weight is 334 g/mol. The Bertz CT molecular complexity index is 580. The molecule has 7 heteroatoms. The van der Waals surface area contributed by atoms with Gasteiger partial charge in [-0.15, -0.1) is 0 Å². The zero-order chi connectivity index (χ0) is 17.3. The summed E-state index contributed by atoms with van der Waals surface area (Å²) in [5.74, 6) is 1.06. The lowest BCUT2D eigenvalue weighted by Gasteiger charge is -2.27. The van der Waals surface area contributed by atoms with Crippen molar-refractivity contribution in [3.8, 4) is 5.88 Å². The zero-order valence-corrected chi connectivity index (χ0v) is 14.6. The van der Waals surface area contributed by atoms with Gasteiger partial charge in [0.15, 0.2) is 0 Å². The predicted octanol–water partition coefficient (Wildman–Crippen LogP) is 2.07. The second-order valence-electron chi connectivity index (χ2n) is 7.55. The molecule has 24 heavy (non-hydrogen) atoms. The van der Waals surface area contributed by atoms with Crippen molar-refractivity contribution >= 4 is 6.09 Å². The fraction of sp³-hybridized carbons (Fsp3) is 0.706. The van der Waals surface area contributed by atoms with Gasteiger partial charge in [0.25, 0.3) is 0 Å². The van der Waals surface area contributed by atoms with E-state index in [4.69, 9.17) is 15.2 Å². The van der Waals surface area contributed by atoms with Gasteiger partial charge < -0.3 is 20.1 Å². The van der Waals surface area contributed by atoms with Crippen molar-refractivity contribution in [2.75, 3.05) is 13.1 Å². The molecule has 2 heterocycles. The van der Waals surface area contributed by atoms with E-state index >= 15 is 0 Å². The highest BCUT2D eigenvalue weighted by molar-refractivity contribution is 5.69. The molecule has 132 valence electrons. The van der Waals surface area contributed by atoms with E-state index in [0.717, 1.165) is 5.69 Å². The molecular formula is C17H26N4O3. The van der Waals surface area contributed by atoms with Crippen molar-refractivity contribution < 1.29 is 14.3 Å². The molecule has 2 atom stereocenters. The smallest absolute Gasteiger partial charge is 0.410 e. The van der Waals surface area contributed by atoms with Crippen molar-refractivity contribution in [3.63, 3.8) is 0 Å². The Morgan fingerprint density at radius 1 is 1.33 bits per heavy atom. The topological polar surface area (TPSA) is 90.6 Å². The zero-order valence-electron chi connectivity index (χ0n) is 14.6. The first-order chi connectivity index (χ1) is 11.4. The summed E-state index contributed by atoms with van der Waals surface area (Å²) in [4.78, 5) is 22.7. The highest BCUT2D eigenvalue weighted by Crippen LogP contribution is 2.38. The minimum absolute atomic E-state index is 0.0800. The minimum atomic E-state index is -0.528. The first kappa shape index (κ1) is 17.0. The van der Waals surface area contributed by atoms with Crippen LogP contribution in [0, 0.1) is 0 Å². The molecule has 0 bridgehead atoms. The van der Waals surface area contributed by atoms with Gasteiger partial charge in [-0.25, -0.2) is 9.78 Å². The number of hydrogen-bond acceptors (Lipinski definition) is 6. The Morgan fingerprint density at radius 3 is 2.62 bits per heavy atom. The summed E-state index contributed by atoms with van der Waals surface area (Å²) < 4.78 is 11.3. The largest absolute Gasteiger partial charge is 0.471 e. The Balaban J connectivity index is 1.59. The number of nitrogens with zero attached hydrogens (tertiary/aromatic N) is 3. The van der Waals surface area contributed by atoms with E-state index < -0.39 is 5.60 Å². The lowest BCUT2D eigenvalue weighted by molar-refractivity contribution is 0.0217. The second kappa shape index (κ2) is 6.55. The van der Waals surface area contributed by atoms with Crippen molar-refractivity contribution in [1.29, 1.82) is 0 Å². The Morgan fingerprint density at radius 2 is 2.08 bits per heavy atom. The number of amides is 1. The number of aromatic nitrogens is 2. The fourth-order valence-corrected chi connectivity index (χ4v) is 2.87. The number of carbonyl (C=O) groups is 1. The summed E-state index contributed by atoms with van der Waals surface area (Å²) in [6.07, 6.45) is 6.02. The van der Waals surface area contributed by atoms with Crippen molar-refractivity contribution in [3.05, 3.63) is 18.1 Å². The standard InChI is InChI=1S/C17H26N4O3/c1-17(2,3)24-16(22)21-10-13(6-12(21)7-18)23-15-9-19-14(8-20-15)11-4-5-11/h8-9,11-13H,4-7,10,18H2,1-3H3/t12-,13+/m0/s1. The molecule has 1 saturated carbocycles. The van der Waals surface area contributed by atoms with Crippen LogP contribution in [0.3, 0.4) is 0 Å². The Hall–Kier alpha value is -1.89. The summed E-state index contributed by atoms with van der Waals surface area (Å²) in [5, 5.41) is 0. The number of hydrogen-bond donors (Lipinski definition) is 1. The van der Waals surface area contributed by atoms with Crippen LogP contribution in [0.2, 0.25) is 0 Å². The molecule has 2 N–H and O–H groups in total. The first-order valence-corrected chi connectivity index (χ1v) is 8.54. The monoisotopic (exact) mass is 334 g/mol. The van der Waals surface area contributed by atoms with Gasteiger partial charge in [0.1, 0.15) is 11.7 Å². The van der Waals surface area contributed by atoms with Crippen LogP contribution in [0.25, 0.3) is 0 Å².